The minimum Gasteiger partial charge on any atom is -0.380 e. The smallest absolute Gasteiger partial charge is 0.324 e. The number of hydrogen-bond acceptors (Lipinski definition) is 5. The first-order valence-corrected chi connectivity index (χ1v) is 6.71. The van der Waals surface area contributed by atoms with Gasteiger partial charge in [-0.25, -0.2) is 0 Å². The van der Waals surface area contributed by atoms with E-state index < -0.39 is 4.92 Å². The minimum atomic E-state index is -0.402. The Bertz CT molecular complexity index is 639. The van der Waals surface area contributed by atoms with Crippen molar-refractivity contribution in [3.05, 3.63) is 57.0 Å². The van der Waals surface area contributed by atoms with Gasteiger partial charge in [0, 0.05) is 35.8 Å². The second-order valence-corrected chi connectivity index (χ2v) is 5.16. The number of amides is 1. The Morgan fingerprint density at radius 3 is 2.80 bits per heavy atom. The lowest BCUT2D eigenvalue weighted by Crippen LogP contribution is -2.17. The normalized spacial score (nSPS) is 10.1. The standard InChI is InChI=1S/C13H13N3O3S/c1-14-13(17)9-3-2-4-10(7-9)15-8-11-5-6-12(20-11)16(18)19/h2-7,15H,8H2,1H3,(H,14,17). The van der Waals surface area contributed by atoms with Crippen LogP contribution in [-0.2, 0) is 6.54 Å². The van der Waals surface area contributed by atoms with Crippen LogP contribution in [0.25, 0.3) is 0 Å². The van der Waals surface area contributed by atoms with E-state index in [4.69, 9.17) is 0 Å². The maximum atomic E-state index is 11.5. The van der Waals surface area contributed by atoms with Crippen molar-refractivity contribution in [2.75, 3.05) is 12.4 Å². The van der Waals surface area contributed by atoms with Crippen LogP contribution in [0.4, 0.5) is 10.7 Å². The Labute approximate surface area is 119 Å². The van der Waals surface area contributed by atoms with Crippen molar-refractivity contribution < 1.29 is 9.72 Å². The van der Waals surface area contributed by atoms with Gasteiger partial charge in [0.2, 0.25) is 0 Å². The van der Waals surface area contributed by atoms with Crippen LogP contribution in [0.3, 0.4) is 0 Å². The highest BCUT2D eigenvalue weighted by Gasteiger charge is 2.09. The molecular weight excluding hydrogens is 278 g/mol. The molecule has 2 aromatic rings. The van der Waals surface area contributed by atoms with E-state index in [1.54, 1.807) is 31.3 Å². The summed E-state index contributed by atoms with van der Waals surface area (Å²) in [4.78, 5) is 22.6. The molecule has 0 saturated heterocycles. The maximum Gasteiger partial charge on any atom is 0.324 e. The van der Waals surface area contributed by atoms with E-state index in [1.807, 2.05) is 6.07 Å². The summed E-state index contributed by atoms with van der Waals surface area (Å²) < 4.78 is 0. The summed E-state index contributed by atoms with van der Waals surface area (Å²) in [5.74, 6) is -0.152. The van der Waals surface area contributed by atoms with Gasteiger partial charge in [0.25, 0.3) is 5.91 Å². The zero-order valence-electron chi connectivity index (χ0n) is 10.8. The second-order valence-electron chi connectivity index (χ2n) is 4.01. The summed E-state index contributed by atoms with van der Waals surface area (Å²) in [5, 5.41) is 16.4. The number of carbonyl (C=O) groups excluding carboxylic acids is 1. The molecule has 7 heteroatoms. The first-order chi connectivity index (χ1) is 9.60. The highest BCUT2D eigenvalue weighted by Crippen LogP contribution is 2.24. The minimum absolute atomic E-state index is 0.126. The van der Waals surface area contributed by atoms with Gasteiger partial charge >= 0.3 is 5.00 Å². The first-order valence-electron chi connectivity index (χ1n) is 5.89. The highest BCUT2D eigenvalue weighted by molar-refractivity contribution is 7.15. The molecule has 0 spiro atoms. The van der Waals surface area contributed by atoms with E-state index in [0.29, 0.717) is 12.1 Å². The fourth-order valence-corrected chi connectivity index (χ4v) is 2.42. The van der Waals surface area contributed by atoms with Gasteiger partial charge in [0.05, 0.1) is 4.92 Å². The average Bonchev–Trinajstić information content (AvgIpc) is 2.93. The Morgan fingerprint density at radius 1 is 1.35 bits per heavy atom. The Hall–Kier alpha value is -2.41. The summed E-state index contributed by atoms with van der Waals surface area (Å²) in [7, 11) is 1.58. The predicted octanol–water partition coefficient (Wildman–Crippen LogP) is 2.63. The van der Waals surface area contributed by atoms with Crippen LogP contribution in [0.1, 0.15) is 15.2 Å². The molecule has 0 aliphatic carbocycles. The summed E-state index contributed by atoms with van der Waals surface area (Å²) in [6.07, 6.45) is 0. The molecular formula is C13H13N3O3S. The van der Waals surface area contributed by atoms with Crippen molar-refractivity contribution in [3.63, 3.8) is 0 Å². The van der Waals surface area contributed by atoms with Crippen LogP contribution in [0, 0.1) is 10.1 Å². The van der Waals surface area contributed by atoms with Crippen LogP contribution < -0.4 is 10.6 Å². The molecule has 0 radical (unpaired) electrons. The number of nitrogens with zero attached hydrogens (tertiary/aromatic N) is 1. The van der Waals surface area contributed by atoms with Gasteiger partial charge in [-0.05, 0) is 24.3 Å². The largest absolute Gasteiger partial charge is 0.380 e. The van der Waals surface area contributed by atoms with Crippen LogP contribution in [0.15, 0.2) is 36.4 Å². The zero-order valence-corrected chi connectivity index (χ0v) is 11.6. The lowest BCUT2D eigenvalue weighted by molar-refractivity contribution is -0.380. The molecule has 6 nitrogen and oxygen atoms in total. The van der Waals surface area contributed by atoms with E-state index in [0.717, 1.165) is 21.9 Å². The van der Waals surface area contributed by atoms with Gasteiger partial charge in [-0.1, -0.05) is 17.4 Å². The molecule has 20 heavy (non-hydrogen) atoms. The number of thiophene rings is 1. The van der Waals surface area contributed by atoms with E-state index in [2.05, 4.69) is 10.6 Å². The van der Waals surface area contributed by atoms with Crippen LogP contribution in [-0.4, -0.2) is 17.9 Å². The Morgan fingerprint density at radius 2 is 2.15 bits per heavy atom. The number of carbonyl (C=O) groups is 1. The van der Waals surface area contributed by atoms with Crippen LogP contribution >= 0.6 is 11.3 Å². The van der Waals surface area contributed by atoms with Crippen molar-refractivity contribution in [1.82, 2.24) is 5.32 Å². The van der Waals surface area contributed by atoms with Gasteiger partial charge in [-0.15, -0.1) is 0 Å². The molecule has 0 aliphatic rings. The maximum absolute atomic E-state index is 11.5. The van der Waals surface area contributed by atoms with Crippen molar-refractivity contribution in [2.24, 2.45) is 0 Å². The predicted molar refractivity (Wildman–Crippen MR) is 78.1 cm³/mol. The number of rotatable bonds is 5. The topological polar surface area (TPSA) is 84.3 Å². The van der Waals surface area contributed by atoms with Gasteiger partial charge < -0.3 is 10.6 Å². The molecule has 0 fully saturated rings. The van der Waals surface area contributed by atoms with Crippen LogP contribution in [0.2, 0.25) is 0 Å². The molecule has 0 unspecified atom stereocenters. The van der Waals surface area contributed by atoms with Gasteiger partial charge in [0.15, 0.2) is 0 Å². The molecule has 0 atom stereocenters. The summed E-state index contributed by atoms with van der Waals surface area (Å²) in [6, 6.07) is 10.3. The molecule has 104 valence electrons. The quantitative estimate of drug-likeness (QED) is 0.655. The van der Waals surface area contributed by atoms with Crippen molar-refractivity contribution in [2.45, 2.75) is 6.54 Å². The lowest BCUT2D eigenvalue weighted by Gasteiger charge is -2.06. The van der Waals surface area contributed by atoms with E-state index in [-0.39, 0.29) is 10.9 Å². The van der Waals surface area contributed by atoms with E-state index >= 15 is 0 Å². The SMILES string of the molecule is CNC(=O)c1cccc(NCc2ccc([N+](=O)[O-])s2)c1. The van der Waals surface area contributed by atoms with E-state index in [1.165, 1.54) is 6.07 Å². The number of hydrogen-bond donors (Lipinski definition) is 2. The van der Waals surface area contributed by atoms with Crippen molar-refractivity contribution in [1.29, 1.82) is 0 Å². The highest BCUT2D eigenvalue weighted by atomic mass is 32.1. The molecule has 0 aliphatic heterocycles. The molecule has 1 aromatic heterocycles. The molecule has 2 rings (SSSR count). The second kappa shape index (κ2) is 6.16. The third-order valence-electron chi connectivity index (χ3n) is 2.65. The molecule has 0 bridgehead atoms. The summed E-state index contributed by atoms with van der Waals surface area (Å²) >= 11 is 1.13. The fraction of sp³-hybridized carbons (Fsp3) is 0.154. The third-order valence-corrected chi connectivity index (χ3v) is 3.68. The van der Waals surface area contributed by atoms with Crippen molar-refractivity contribution >= 4 is 27.9 Å². The summed E-state index contributed by atoms with van der Waals surface area (Å²) in [5.41, 5.74) is 1.36. The summed E-state index contributed by atoms with van der Waals surface area (Å²) in [6.45, 7) is 0.482. The fourth-order valence-electron chi connectivity index (χ4n) is 1.66. The molecule has 2 N–H and O–H groups in total. The van der Waals surface area contributed by atoms with Gasteiger partial charge in [-0.2, -0.15) is 0 Å². The number of anilines is 1. The number of nitro groups is 1. The number of nitrogens with one attached hydrogen (secondary N) is 2. The molecule has 1 amide bonds. The zero-order chi connectivity index (χ0) is 14.5. The Balaban J connectivity index is 2.03. The number of benzene rings is 1. The average molecular weight is 291 g/mol. The lowest BCUT2D eigenvalue weighted by atomic mass is 10.2. The monoisotopic (exact) mass is 291 g/mol. The van der Waals surface area contributed by atoms with Gasteiger partial charge in [0.1, 0.15) is 0 Å². The molecule has 0 saturated carbocycles. The molecule has 1 heterocycles. The van der Waals surface area contributed by atoms with E-state index in [9.17, 15) is 14.9 Å². The first kappa shape index (κ1) is 14.0. The van der Waals surface area contributed by atoms with Gasteiger partial charge in [-0.3, -0.25) is 14.9 Å². The Kier molecular flexibility index (Phi) is 4.31. The van der Waals surface area contributed by atoms with Crippen molar-refractivity contribution in [3.8, 4) is 0 Å². The molecule has 1 aromatic carbocycles. The van der Waals surface area contributed by atoms with Crippen LogP contribution in [0.5, 0.6) is 0 Å². The third kappa shape index (κ3) is 3.33.